The number of nitrogens with zero attached hydrogens (tertiary/aromatic N) is 1. The Labute approximate surface area is 109 Å². The number of ether oxygens (including phenoxy) is 1. The van der Waals surface area contributed by atoms with Crippen LogP contribution < -0.4 is 10.6 Å². The molecular formula is C14H23FN2O. The molecule has 0 aromatic heterocycles. The summed E-state index contributed by atoms with van der Waals surface area (Å²) >= 11 is 0. The van der Waals surface area contributed by atoms with E-state index in [-0.39, 0.29) is 11.9 Å². The molecule has 0 amide bonds. The van der Waals surface area contributed by atoms with Crippen LogP contribution in [0.4, 0.5) is 10.1 Å². The van der Waals surface area contributed by atoms with Crippen LogP contribution in [0.3, 0.4) is 0 Å². The van der Waals surface area contributed by atoms with E-state index in [1.54, 1.807) is 19.2 Å². The van der Waals surface area contributed by atoms with Crippen molar-refractivity contribution in [1.29, 1.82) is 0 Å². The molecule has 0 saturated heterocycles. The van der Waals surface area contributed by atoms with Crippen molar-refractivity contribution in [2.45, 2.75) is 19.9 Å². The molecule has 0 spiro atoms. The van der Waals surface area contributed by atoms with Crippen molar-refractivity contribution in [2.24, 2.45) is 11.7 Å². The van der Waals surface area contributed by atoms with Gasteiger partial charge in [-0.3, -0.25) is 0 Å². The Morgan fingerprint density at radius 2 is 2.17 bits per heavy atom. The second-order valence-electron chi connectivity index (χ2n) is 4.50. The SMILES string of the molecule is CCN(c1cccc(F)c1)C(CN)C(C)COC. The van der Waals surface area contributed by atoms with Crippen molar-refractivity contribution in [3.63, 3.8) is 0 Å². The van der Waals surface area contributed by atoms with Crippen molar-refractivity contribution in [1.82, 2.24) is 0 Å². The molecule has 4 heteroatoms. The predicted molar refractivity (Wildman–Crippen MR) is 73.3 cm³/mol. The Kier molecular flexibility index (Phi) is 6.09. The van der Waals surface area contributed by atoms with Gasteiger partial charge in [-0.05, 0) is 25.1 Å². The number of hydrogen-bond donors (Lipinski definition) is 1. The molecule has 2 N–H and O–H groups in total. The maximum atomic E-state index is 13.3. The first-order valence-corrected chi connectivity index (χ1v) is 6.35. The van der Waals surface area contributed by atoms with Crippen LogP contribution in [-0.2, 0) is 4.74 Å². The molecule has 1 aromatic carbocycles. The Bertz CT molecular complexity index is 359. The minimum absolute atomic E-state index is 0.150. The lowest BCUT2D eigenvalue weighted by Gasteiger charge is -2.35. The van der Waals surface area contributed by atoms with Crippen LogP contribution >= 0.6 is 0 Å². The lowest BCUT2D eigenvalue weighted by atomic mass is 10.0. The largest absolute Gasteiger partial charge is 0.384 e. The third-order valence-electron chi connectivity index (χ3n) is 3.21. The van der Waals surface area contributed by atoms with Gasteiger partial charge in [0.25, 0.3) is 0 Å². The zero-order valence-corrected chi connectivity index (χ0v) is 11.4. The summed E-state index contributed by atoms with van der Waals surface area (Å²) < 4.78 is 18.5. The molecule has 0 saturated carbocycles. The van der Waals surface area contributed by atoms with E-state index < -0.39 is 0 Å². The number of nitrogens with two attached hydrogens (primary N) is 1. The van der Waals surface area contributed by atoms with Crippen molar-refractivity contribution in [3.8, 4) is 0 Å². The number of anilines is 1. The van der Waals surface area contributed by atoms with E-state index in [9.17, 15) is 4.39 Å². The average Bonchev–Trinajstić information content (AvgIpc) is 2.35. The van der Waals surface area contributed by atoms with E-state index in [1.807, 2.05) is 13.0 Å². The van der Waals surface area contributed by atoms with Gasteiger partial charge in [0.1, 0.15) is 5.82 Å². The normalized spacial score (nSPS) is 14.3. The standard InChI is InChI=1S/C14H23FN2O/c1-4-17(13-7-5-6-12(15)8-13)14(9-16)11(2)10-18-3/h5-8,11,14H,4,9-10,16H2,1-3H3. The maximum absolute atomic E-state index is 13.3. The number of likely N-dealkylation sites (N-methyl/N-ethyl adjacent to an activating group) is 1. The first-order chi connectivity index (χ1) is 8.63. The van der Waals surface area contributed by atoms with E-state index in [0.29, 0.717) is 19.1 Å². The van der Waals surface area contributed by atoms with Gasteiger partial charge in [-0.15, -0.1) is 0 Å². The topological polar surface area (TPSA) is 38.5 Å². The van der Waals surface area contributed by atoms with Gasteiger partial charge in [0.2, 0.25) is 0 Å². The number of rotatable bonds is 7. The summed E-state index contributed by atoms with van der Waals surface area (Å²) in [7, 11) is 1.68. The molecule has 2 unspecified atom stereocenters. The maximum Gasteiger partial charge on any atom is 0.125 e. The fourth-order valence-corrected chi connectivity index (χ4v) is 2.30. The third-order valence-corrected chi connectivity index (χ3v) is 3.21. The van der Waals surface area contributed by atoms with Gasteiger partial charge in [-0.2, -0.15) is 0 Å². The summed E-state index contributed by atoms with van der Waals surface area (Å²) in [5.74, 6) is 0.0735. The zero-order valence-electron chi connectivity index (χ0n) is 11.4. The first kappa shape index (κ1) is 14.9. The zero-order chi connectivity index (χ0) is 13.5. The van der Waals surface area contributed by atoms with Crippen LogP contribution in [0.2, 0.25) is 0 Å². The Balaban J connectivity index is 2.92. The van der Waals surface area contributed by atoms with Gasteiger partial charge in [0.05, 0.1) is 6.61 Å². The van der Waals surface area contributed by atoms with Crippen molar-refractivity contribution in [2.75, 3.05) is 31.7 Å². The highest BCUT2D eigenvalue weighted by atomic mass is 19.1. The van der Waals surface area contributed by atoms with Crippen molar-refractivity contribution in [3.05, 3.63) is 30.1 Å². The summed E-state index contributed by atoms with van der Waals surface area (Å²) in [6, 6.07) is 6.78. The average molecular weight is 254 g/mol. The molecule has 1 aromatic rings. The highest BCUT2D eigenvalue weighted by Crippen LogP contribution is 2.21. The molecule has 0 bridgehead atoms. The molecular weight excluding hydrogens is 231 g/mol. The van der Waals surface area contributed by atoms with E-state index in [1.165, 1.54) is 6.07 Å². The van der Waals surface area contributed by atoms with Crippen molar-refractivity contribution < 1.29 is 9.13 Å². The smallest absolute Gasteiger partial charge is 0.125 e. The Morgan fingerprint density at radius 1 is 1.44 bits per heavy atom. The number of halogens is 1. The van der Waals surface area contributed by atoms with Crippen LogP contribution in [0.25, 0.3) is 0 Å². The second kappa shape index (κ2) is 7.34. The van der Waals surface area contributed by atoms with Gasteiger partial charge in [-0.25, -0.2) is 4.39 Å². The van der Waals surface area contributed by atoms with Crippen LogP contribution in [0, 0.1) is 11.7 Å². The summed E-state index contributed by atoms with van der Waals surface area (Å²) in [6.07, 6.45) is 0. The fourth-order valence-electron chi connectivity index (χ4n) is 2.30. The minimum Gasteiger partial charge on any atom is -0.384 e. The van der Waals surface area contributed by atoms with Gasteiger partial charge in [0.15, 0.2) is 0 Å². The van der Waals surface area contributed by atoms with Crippen LogP contribution in [0.5, 0.6) is 0 Å². The fraction of sp³-hybridized carbons (Fsp3) is 0.571. The monoisotopic (exact) mass is 254 g/mol. The van der Waals surface area contributed by atoms with E-state index in [2.05, 4.69) is 11.8 Å². The Hall–Kier alpha value is -1.13. The predicted octanol–water partition coefficient (Wildman–Crippen LogP) is 2.26. The quantitative estimate of drug-likeness (QED) is 0.811. The minimum atomic E-state index is -0.221. The van der Waals surface area contributed by atoms with Crippen molar-refractivity contribution >= 4 is 5.69 Å². The number of benzene rings is 1. The molecule has 0 aliphatic rings. The third kappa shape index (κ3) is 3.68. The molecule has 102 valence electrons. The second-order valence-corrected chi connectivity index (χ2v) is 4.50. The van der Waals surface area contributed by atoms with Gasteiger partial charge < -0.3 is 15.4 Å². The summed E-state index contributed by atoms with van der Waals surface area (Å²) in [5, 5.41) is 0. The van der Waals surface area contributed by atoms with Crippen LogP contribution in [0.1, 0.15) is 13.8 Å². The van der Waals surface area contributed by atoms with Crippen LogP contribution in [0.15, 0.2) is 24.3 Å². The number of methoxy groups -OCH3 is 1. The van der Waals surface area contributed by atoms with Gasteiger partial charge in [-0.1, -0.05) is 13.0 Å². The molecule has 0 radical (unpaired) electrons. The molecule has 0 aliphatic heterocycles. The molecule has 0 aliphatic carbocycles. The first-order valence-electron chi connectivity index (χ1n) is 6.35. The summed E-state index contributed by atoms with van der Waals surface area (Å²) in [6.45, 7) is 6.11. The molecule has 0 heterocycles. The molecule has 3 nitrogen and oxygen atoms in total. The van der Waals surface area contributed by atoms with E-state index in [4.69, 9.17) is 10.5 Å². The summed E-state index contributed by atoms with van der Waals surface area (Å²) in [5.41, 5.74) is 6.74. The molecule has 1 rings (SSSR count). The molecule has 2 atom stereocenters. The van der Waals surface area contributed by atoms with E-state index >= 15 is 0 Å². The lowest BCUT2D eigenvalue weighted by molar-refractivity contribution is 0.146. The van der Waals surface area contributed by atoms with Gasteiger partial charge >= 0.3 is 0 Å². The van der Waals surface area contributed by atoms with Gasteiger partial charge in [0, 0.05) is 37.8 Å². The highest BCUT2D eigenvalue weighted by Gasteiger charge is 2.22. The molecule has 18 heavy (non-hydrogen) atoms. The lowest BCUT2D eigenvalue weighted by Crippen LogP contribution is -2.46. The number of hydrogen-bond acceptors (Lipinski definition) is 3. The molecule has 0 fully saturated rings. The summed E-state index contributed by atoms with van der Waals surface area (Å²) in [4.78, 5) is 2.13. The highest BCUT2D eigenvalue weighted by molar-refractivity contribution is 5.47. The Morgan fingerprint density at radius 3 is 2.67 bits per heavy atom. The van der Waals surface area contributed by atoms with E-state index in [0.717, 1.165) is 12.2 Å². The van der Waals surface area contributed by atoms with Crippen LogP contribution in [-0.4, -0.2) is 32.8 Å².